The predicted octanol–water partition coefficient (Wildman–Crippen LogP) is 3.41. The maximum Gasteiger partial charge on any atom is 0.276 e. The smallest absolute Gasteiger partial charge is 0.276 e. The molecule has 17 heavy (non-hydrogen) atoms. The first-order valence-electron chi connectivity index (χ1n) is 5.41. The van der Waals surface area contributed by atoms with Crippen LogP contribution in [0, 0.1) is 16.0 Å². The number of nitrogens with zero attached hydrogens (tertiary/aromatic N) is 1. The highest BCUT2D eigenvalue weighted by Gasteiger charge is 2.19. The summed E-state index contributed by atoms with van der Waals surface area (Å²) < 4.78 is 4.98. The molecule has 0 aliphatic carbocycles. The third-order valence-corrected chi connectivity index (χ3v) is 3.29. The summed E-state index contributed by atoms with van der Waals surface area (Å²) >= 11 is 6.15. The Morgan fingerprint density at radius 3 is 2.59 bits per heavy atom. The zero-order valence-electron chi connectivity index (χ0n) is 10.1. The number of nitro benzene ring substituents is 1. The lowest BCUT2D eigenvalue weighted by molar-refractivity contribution is -0.385. The molecule has 1 aromatic carbocycles. The van der Waals surface area contributed by atoms with Gasteiger partial charge in [0, 0.05) is 10.9 Å². The molecular formula is C12H16ClNO3. The summed E-state index contributed by atoms with van der Waals surface area (Å²) in [5.41, 5.74) is 0.708. The second-order valence-corrected chi connectivity index (χ2v) is 4.78. The van der Waals surface area contributed by atoms with Crippen molar-refractivity contribution in [2.45, 2.75) is 25.6 Å². The van der Waals surface area contributed by atoms with Gasteiger partial charge in [-0.05, 0) is 24.5 Å². The Bertz CT molecular complexity index is 407. The van der Waals surface area contributed by atoms with Gasteiger partial charge in [0.15, 0.2) is 0 Å². The molecule has 0 fully saturated rings. The summed E-state index contributed by atoms with van der Waals surface area (Å²) in [4.78, 5) is 10.5. The average Bonchev–Trinajstić information content (AvgIpc) is 2.29. The molecule has 1 unspecified atom stereocenters. The predicted molar refractivity (Wildman–Crippen MR) is 67.8 cm³/mol. The van der Waals surface area contributed by atoms with Crippen LogP contribution >= 0.6 is 11.6 Å². The lowest BCUT2D eigenvalue weighted by Gasteiger charge is -2.13. The second kappa shape index (κ2) is 5.87. The molecule has 0 saturated carbocycles. The lowest BCUT2D eigenvalue weighted by Crippen LogP contribution is -2.12. The van der Waals surface area contributed by atoms with Crippen LogP contribution in [0.2, 0.25) is 0 Å². The molecule has 94 valence electrons. The van der Waals surface area contributed by atoms with Crippen LogP contribution in [0.15, 0.2) is 18.2 Å². The number of hydrogen-bond donors (Lipinski definition) is 0. The third kappa shape index (κ3) is 3.60. The van der Waals surface area contributed by atoms with Gasteiger partial charge in [-0.25, -0.2) is 0 Å². The molecule has 1 aromatic rings. The first kappa shape index (κ1) is 13.8. The van der Waals surface area contributed by atoms with Crippen molar-refractivity contribution in [2.24, 2.45) is 5.92 Å². The van der Waals surface area contributed by atoms with E-state index in [0.717, 1.165) is 0 Å². The lowest BCUT2D eigenvalue weighted by atomic mass is 10.0. The van der Waals surface area contributed by atoms with Crippen molar-refractivity contribution >= 4 is 17.3 Å². The summed E-state index contributed by atoms with van der Waals surface area (Å²) in [7, 11) is 1.48. The number of halogens is 1. The molecule has 1 atom stereocenters. The SMILES string of the molecule is COc1ccc(CC(Cl)C(C)C)c([N+](=O)[O-])c1. The first-order valence-corrected chi connectivity index (χ1v) is 5.84. The topological polar surface area (TPSA) is 52.4 Å². The summed E-state index contributed by atoms with van der Waals surface area (Å²) in [6.07, 6.45) is 0.486. The Morgan fingerprint density at radius 1 is 1.47 bits per heavy atom. The van der Waals surface area contributed by atoms with Crippen molar-refractivity contribution < 1.29 is 9.66 Å². The van der Waals surface area contributed by atoms with Crippen LogP contribution in [0.4, 0.5) is 5.69 Å². The maximum atomic E-state index is 10.9. The standard InChI is InChI=1S/C12H16ClNO3/c1-8(2)11(13)6-9-4-5-10(17-3)7-12(9)14(15)16/h4-5,7-8,11H,6H2,1-3H3. The van der Waals surface area contributed by atoms with E-state index in [-0.39, 0.29) is 17.0 Å². The molecular weight excluding hydrogens is 242 g/mol. The van der Waals surface area contributed by atoms with Gasteiger partial charge < -0.3 is 4.74 Å². The van der Waals surface area contributed by atoms with E-state index in [4.69, 9.17) is 16.3 Å². The fourth-order valence-corrected chi connectivity index (χ4v) is 1.63. The molecule has 5 heteroatoms. The van der Waals surface area contributed by atoms with Gasteiger partial charge in [-0.3, -0.25) is 10.1 Å². The van der Waals surface area contributed by atoms with Gasteiger partial charge in [0.25, 0.3) is 5.69 Å². The van der Waals surface area contributed by atoms with Gasteiger partial charge in [-0.1, -0.05) is 13.8 Å². The summed E-state index contributed by atoms with van der Waals surface area (Å²) in [5, 5.41) is 10.8. The summed E-state index contributed by atoms with van der Waals surface area (Å²) in [5.74, 6) is 0.759. The highest BCUT2D eigenvalue weighted by atomic mass is 35.5. The molecule has 0 spiro atoms. The molecule has 0 saturated heterocycles. The van der Waals surface area contributed by atoms with E-state index in [0.29, 0.717) is 17.7 Å². The molecule has 0 heterocycles. The number of benzene rings is 1. The minimum absolute atomic E-state index is 0.0654. The number of ether oxygens (including phenoxy) is 1. The number of methoxy groups -OCH3 is 1. The van der Waals surface area contributed by atoms with E-state index in [2.05, 4.69) is 0 Å². The maximum absolute atomic E-state index is 10.9. The Labute approximate surface area is 106 Å². The minimum atomic E-state index is -0.401. The zero-order chi connectivity index (χ0) is 13.0. The first-order chi connectivity index (χ1) is 7.95. The average molecular weight is 258 g/mol. The van der Waals surface area contributed by atoms with Crippen molar-refractivity contribution in [1.82, 2.24) is 0 Å². The molecule has 0 aromatic heterocycles. The Hall–Kier alpha value is -1.29. The highest BCUT2D eigenvalue weighted by Crippen LogP contribution is 2.27. The molecule has 0 amide bonds. The molecule has 0 N–H and O–H groups in total. The van der Waals surface area contributed by atoms with Crippen molar-refractivity contribution in [3.8, 4) is 5.75 Å². The molecule has 1 rings (SSSR count). The second-order valence-electron chi connectivity index (χ2n) is 4.22. The Kier molecular flexibility index (Phi) is 4.75. The monoisotopic (exact) mass is 257 g/mol. The van der Waals surface area contributed by atoms with Gasteiger partial charge in [-0.15, -0.1) is 11.6 Å². The van der Waals surface area contributed by atoms with E-state index in [9.17, 15) is 10.1 Å². The van der Waals surface area contributed by atoms with Crippen LogP contribution in [0.5, 0.6) is 5.75 Å². The van der Waals surface area contributed by atoms with Crippen molar-refractivity contribution in [2.75, 3.05) is 7.11 Å². The number of alkyl halides is 1. The van der Waals surface area contributed by atoms with E-state index >= 15 is 0 Å². The molecule has 0 bridgehead atoms. The fourth-order valence-electron chi connectivity index (χ4n) is 1.46. The fraction of sp³-hybridized carbons (Fsp3) is 0.500. The third-order valence-electron chi connectivity index (χ3n) is 2.63. The van der Waals surface area contributed by atoms with E-state index in [1.165, 1.54) is 13.2 Å². The Balaban J connectivity index is 3.02. The van der Waals surface area contributed by atoms with Crippen LogP contribution in [0.3, 0.4) is 0 Å². The van der Waals surface area contributed by atoms with E-state index in [1.54, 1.807) is 12.1 Å². The molecule has 4 nitrogen and oxygen atoms in total. The van der Waals surface area contributed by atoms with Gasteiger partial charge in [-0.2, -0.15) is 0 Å². The quantitative estimate of drug-likeness (QED) is 0.461. The minimum Gasteiger partial charge on any atom is -0.497 e. The molecule has 0 radical (unpaired) electrons. The largest absolute Gasteiger partial charge is 0.497 e. The van der Waals surface area contributed by atoms with E-state index in [1.807, 2.05) is 13.8 Å². The van der Waals surface area contributed by atoms with Crippen LogP contribution < -0.4 is 4.74 Å². The normalized spacial score (nSPS) is 12.5. The van der Waals surface area contributed by atoms with Gasteiger partial charge in [0.1, 0.15) is 5.75 Å². The van der Waals surface area contributed by atoms with Gasteiger partial charge in [0.2, 0.25) is 0 Å². The highest BCUT2D eigenvalue weighted by molar-refractivity contribution is 6.20. The summed E-state index contributed by atoms with van der Waals surface area (Å²) in [6.45, 7) is 3.99. The van der Waals surface area contributed by atoms with Crippen molar-refractivity contribution in [1.29, 1.82) is 0 Å². The van der Waals surface area contributed by atoms with Crippen LogP contribution in [-0.2, 0) is 6.42 Å². The van der Waals surface area contributed by atoms with Crippen LogP contribution in [-0.4, -0.2) is 17.4 Å². The van der Waals surface area contributed by atoms with E-state index < -0.39 is 4.92 Å². The molecule has 0 aliphatic rings. The van der Waals surface area contributed by atoms with Crippen molar-refractivity contribution in [3.05, 3.63) is 33.9 Å². The van der Waals surface area contributed by atoms with Crippen LogP contribution in [0.1, 0.15) is 19.4 Å². The van der Waals surface area contributed by atoms with Gasteiger partial charge in [0.05, 0.1) is 18.1 Å². The number of nitro groups is 1. The number of rotatable bonds is 5. The summed E-state index contributed by atoms with van der Waals surface area (Å²) in [6, 6.07) is 4.85. The van der Waals surface area contributed by atoms with Crippen molar-refractivity contribution in [3.63, 3.8) is 0 Å². The number of hydrogen-bond acceptors (Lipinski definition) is 3. The van der Waals surface area contributed by atoms with Gasteiger partial charge >= 0.3 is 0 Å². The van der Waals surface area contributed by atoms with Crippen LogP contribution in [0.25, 0.3) is 0 Å². The Morgan fingerprint density at radius 2 is 2.12 bits per heavy atom. The zero-order valence-corrected chi connectivity index (χ0v) is 10.9. The molecule has 0 aliphatic heterocycles.